The third-order valence-corrected chi connectivity index (χ3v) is 10.0. The van der Waals surface area contributed by atoms with Gasteiger partial charge in [-0.15, -0.1) is 15.3 Å². The molecule has 18 nitrogen and oxygen atoms in total. The molecular formula is C29H26N8O10S3. The second-order valence-corrected chi connectivity index (χ2v) is 15.0. The van der Waals surface area contributed by atoms with Gasteiger partial charge >= 0.3 is 0 Å². The monoisotopic (exact) mass is 742 g/mol. The molecule has 0 spiro atoms. The van der Waals surface area contributed by atoms with Crippen LogP contribution < -0.4 is 5.73 Å². The van der Waals surface area contributed by atoms with Gasteiger partial charge in [-0.1, -0.05) is 6.07 Å². The molecule has 0 fully saturated rings. The van der Waals surface area contributed by atoms with Gasteiger partial charge in [-0.2, -0.15) is 18.6 Å². The SMILES string of the molecule is Cc1nn(-c2ccc(S(=O)(=O)O)cc2)c(N)c1N=Nc1ccc2cc(S(O)(O)O)c(N=Nc3ccc(S(O)(O)O)c4cccnc34)c(O)c2c1. The highest BCUT2D eigenvalue weighted by molar-refractivity contribution is 8.19. The Morgan fingerprint density at radius 2 is 1.42 bits per heavy atom. The Morgan fingerprint density at radius 3 is 2.08 bits per heavy atom. The van der Waals surface area contributed by atoms with Crippen LogP contribution in [0.5, 0.6) is 5.75 Å². The lowest BCUT2D eigenvalue weighted by atomic mass is 10.1. The summed E-state index contributed by atoms with van der Waals surface area (Å²) < 4.78 is 93.4. The van der Waals surface area contributed by atoms with Gasteiger partial charge in [-0.3, -0.25) is 9.54 Å². The summed E-state index contributed by atoms with van der Waals surface area (Å²) in [6.45, 7) is 1.62. The van der Waals surface area contributed by atoms with E-state index in [2.05, 4.69) is 30.5 Å². The zero-order chi connectivity index (χ0) is 36.2. The molecule has 6 aromatic rings. The number of anilines is 1. The number of nitrogens with two attached hydrogens (primary N) is 1. The van der Waals surface area contributed by atoms with Gasteiger partial charge in [-0.05, 0) is 79.0 Å². The summed E-state index contributed by atoms with van der Waals surface area (Å²) in [4.78, 5) is 3.10. The average Bonchev–Trinajstić information content (AvgIpc) is 3.34. The number of phenols is 1. The topological polar surface area (TPSA) is 302 Å². The maximum Gasteiger partial charge on any atom is 0.294 e. The quantitative estimate of drug-likeness (QED) is 0.0523. The van der Waals surface area contributed by atoms with Crippen LogP contribution in [0.1, 0.15) is 5.69 Å². The lowest BCUT2D eigenvalue weighted by molar-refractivity contribution is 0.374. The van der Waals surface area contributed by atoms with Gasteiger partial charge in [-0.25, -0.2) is 4.68 Å². The van der Waals surface area contributed by atoms with Crippen molar-refractivity contribution in [1.82, 2.24) is 14.8 Å². The highest BCUT2D eigenvalue weighted by atomic mass is 32.3. The first kappa shape index (κ1) is 34.8. The maximum atomic E-state index is 11.4. The van der Waals surface area contributed by atoms with E-state index in [0.29, 0.717) is 11.4 Å². The molecule has 0 aliphatic rings. The summed E-state index contributed by atoms with van der Waals surface area (Å²) >= 11 is 0. The van der Waals surface area contributed by atoms with Crippen molar-refractivity contribution in [3.8, 4) is 11.4 Å². The Kier molecular flexibility index (Phi) is 8.82. The van der Waals surface area contributed by atoms with Crippen LogP contribution in [0.25, 0.3) is 27.4 Å². The Hall–Kier alpha value is -5.07. The molecule has 2 aromatic heterocycles. The number of aryl methyl sites for hydroxylation is 1. The molecule has 6 rings (SSSR count). The van der Waals surface area contributed by atoms with Gasteiger partial charge in [0.1, 0.15) is 33.1 Å². The number of pyridine rings is 1. The second kappa shape index (κ2) is 12.7. The summed E-state index contributed by atoms with van der Waals surface area (Å²) in [5.41, 5.74) is 7.03. The van der Waals surface area contributed by atoms with E-state index in [0.717, 1.165) is 0 Å². The van der Waals surface area contributed by atoms with Crippen LogP contribution in [-0.2, 0) is 10.1 Å². The Bertz CT molecular complexity index is 2480. The van der Waals surface area contributed by atoms with Crippen LogP contribution in [0.15, 0.2) is 114 Å². The zero-order valence-electron chi connectivity index (χ0n) is 25.3. The molecule has 0 amide bonds. The van der Waals surface area contributed by atoms with E-state index in [1.165, 1.54) is 83.7 Å². The Labute approximate surface area is 285 Å². The Balaban J connectivity index is 1.39. The van der Waals surface area contributed by atoms with Crippen molar-refractivity contribution in [1.29, 1.82) is 0 Å². The summed E-state index contributed by atoms with van der Waals surface area (Å²) in [5, 5.41) is 32.6. The number of aromatic hydroxyl groups is 1. The maximum absolute atomic E-state index is 11.4. The fourth-order valence-electron chi connectivity index (χ4n) is 4.98. The lowest BCUT2D eigenvalue weighted by Crippen LogP contribution is -2.03. The number of aromatic nitrogens is 3. The number of hydrogen-bond acceptors (Lipinski definition) is 16. The van der Waals surface area contributed by atoms with E-state index in [1.807, 2.05) is 0 Å². The summed E-state index contributed by atoms with van der Waals surface area (Å²) in [6, 6.07) is 16.1. The van der Waals surface area contributed by atoms with Crippen LogP contribution in [0.3, 0.4) is 0 Å². The molecular weight excluding hydrogens is 717 g/mol. The normalized spacial score (nSPS) is 13.6. The minimum atomic E-state index is -4.45. The molecule has 260 valence electrons. The number of phenolic OH excluding ortho intramolecular Hbond substituents is 1. The van der Waals surface area contributed by atoms with Gasteiger partial charge in [0.25, 0.3) is 10.1 Å². The van der Waals surface area contributed by atoms with Gasteiger partial charge in [0.05, 0.1) is 37.3 Å². The van der Waals surface area contributed by atoms with Crippen molar-refractivity contribution >= 4 is 82.1 Å². The number of benzene rings is 4. The molecule has 0 saturated carbocycles. The fourth-order valence-corrected chi connectivity index (χ4v) is 6.85. The van der Waals surface area contributed by atoms with Crippen LogP contribution in [0, 0.1) is 6.92 Å². The van der Waals surface area contributed by atoms with Crippen molar-refractivity contribution in [3.05, 3.63) is 84.7 Å². The third kappa shape index (κ3) is 6.73. The zero-order valence-corrected chi connectivity index (χ0v) is 27.8. The van der Waals surface area contributed by atoms with Crippen molar-refractivity contribution in [2.45, 2.75) is 21.6 Å². The number of nitrogens with zero attached hydrogens (tertiary/aromatic N) is 7. The van der Waals surface area contributed by atoms with Gasteiger partial charge < -0.3 is 38.2 Å². The predicted molar refractivity (Wildman–Crippen MR) is 186 cm³/mol. The number of nitrogen functional groups attached to an aromatic ring is 1. The lowest BCUT2D eigenvalue weighted by Gasteiger charge is -2.22. The molecule has 0 bridgehead atoms. The van der Waals surface area contributed by atoms with E-state index in [1.54, 1.807) is 6.92 Å². The van der Waals surface area contributed by atoms with Crippen molar-refractivity contribution in [2.24, 2.45) is 20.5 Å². The number of azo groups is 2. The number of rotatable bonds is 8. The van der Waals surface area contributed by atoms with Crippen LogP contribution in [-0.4, -0.2) is 60.2 Å². The number of hydrogen-bond donors (Lipinski definition) is 9. The van der Waals surface area contributed by atoms with Crippen LogP contribution in [0.2, 0.25) is 0 Å². The molecule has 2 heterocycles. The molecule has 21 heteroatoms. The molecule has 0 aliphatic heterocycles. The first-order chi connectivity index (χ1) is 23.4. The molecule has 0 atom stereocenters. The van der Waals surface area contributed by atoms with E-state index in [-0.39, 0.29) is 54.3 Å². The van der Waals surface area contributed by atoms with E-state index >= 15 is 0 Å². The fraction of sp³-hybridized carbons (Fsp3) is 0.0345. The summed E-state index contributed by atoms with van der Waals surface area (Å²) in [7, 11) is -13.0. The van der Waals surface area contributed by atoms with Crippen molar-refractivity contribution < 1.29 is 45.4 Å². The van der Waals surface area contributed by atoms with E-state index < -0.39 is 48.2 Å². The molecule has 0 saturated heterocycles. The second-order valence-electron chi connectivity index (χ2n) is 10.6. The largest absolute Gasteiger partial charge is 0.505 e. The standard InChI is InChI=1S/C29H26N8O10S3/c1-15-25(29(30)37(36-15)18-6-8-19(9-7-18)48(39,40)41)34-32-17-5-4-16-13-24(50(45,46)47)27(28(38)21(16)14-17)35-33-22-10-11-23(49(42,43)44)20-3-2-12-31-26(20)22/h2-14,38,42-47H,30H2,1H3,(H,39,40,41). The van der Waals surface area contributed by atoms with Gasteiger partial charge in [0, 0.05) is 17.0 Å². The van der Waals surface area contributed by atoms with Crippen molar-refractivity contribution in [3.63, 3.8) is 0 Å². The molecule has 0 unspecified atom stereocenters. The predicted octanol–water partition coefficient (Wildman–Crippen LogP) is 8.41. The highest BCUT2D eigenvalue weighted by Crippen LogP contribution is 2.55. The molecule has 50 heavy (non-hydrogen) atoms. The average molecular weight is 743 g/mol. The minimum Gasteiger partial charge on any atom is -0.505 e. The number of fused-ring (bicyclic) bond motifs is 2. The van der Waals surface area contributed by atoms with Crippen LogP contribution >= 0.6 is 21.7 Å². The summed E-state index contributed by atoms with van der Waals surface area (Å²) in [5.74, 6) is -0.545. The van der Waals surface area contributed by atoms with Gasteiger partial charge in [0.2, 0.25) is 0 Å². The molecule has 0 radical (unpaired) electrons. The molecule has 10 N–H and O–H groups in total. The Morgan fingerprint density at radius 1 is 0.740 bits per heavy atom. The summed E-state index contributed by atoms with van der Waals surface area (Å²) in [6.07, 6.45) is 1.39. The molecule has 0 aliphatic carbocycles. The first-order valence-corrected chi connectivity index (χ1v) is 18.3. The van der Waals surface area contributed by atoms with Crippen LogP contribution in [0.4, 0.5) is 28.6 Å². The third-order valence-electron chi connectivity index (χ3n) is 7.30. The van der Waals surface area contributed by atoms with E-state index in [4.69, 9.17) is 5.73 Å². The molecule has 4 aromatic carbocycles. The van der Waals surface area contributed by atoms with E-state index in [9.17, 15) is 45.4 Å². The highest BCUT2D eigenvalue weighted by Gasteiger charge is 2.26. The van der Waals surface area contributed by atoms with Gasteiger partial charge in [0.15, 0.2) is 17.3 Å². The minimum absolute atomic E-state index is 0.0401. The van der Waals surface area contributed by atoms with Crippen molar-refractivity contribution in [2.75, 3.05) is 5.73 Å². The first-order valence-electron chi connectivity index (χ1n) is 13.9. The smallest absolute Gasteiger partial charge is 0.294 e.